The fourth-order valence-corrected chi connectivity index (χ4v) is 3.63. The van der Waals surface area contributed by atoms with Crippen LogP contribution >= 0.6 is 0 Å². The van der Waals surface area contributed by atoms with E-state index in [1.165, 1.54) is 25.7 Å². The summed E-state index contributed by atoms with van der Waals surface area (Å²) in [5.41, 5.74) is 0. The third-order valence-corrected chi connectivity index (χ3v) is 4.89. The molecule has 0 aliphatic heterocycles. The molecule has 2 saturated carbocycles. The van der Waals surface area contributed by atoms with E-state index in [0.29, 0.717) is 18.3 Å². The molecular formula is C15H24F2. The Morgan fingerprint density at radius 1 is 1.00 bits per heavy atom. The molecule has 0 N–H and O–H groups in total. The second-order valence-corrected chi connectivity index (χ2v) is 6.11. The summed E-state index contributed by atoms with van der Waals surface area (Å²) in [6, 6.07) is 0. The number of halogens is 2. The van der Waals surface area contributed by atoms with Crippen LogP contribution in [0.2, 0.25) is 0 Å². The number of hydrogen-bond acceptors (Lipinski definition) is 0. The van der Waals surface area contributed by atoms with Crippen molar-refractivity contribution in [2.24, 2.45) is 23.7 Å². The first kappa shape index (κ1) is 13.0. The third kappa shape index (κ3) is 2.89. The lowest BCUT2D eigenvalue weighted by Crippen LogP contribution is -2.38. The lowest BCUT2D eigenvalue weighted by Gasteiger charge is -2.39. The molecule has 4 atom stereocenters. The smallest absolute Gasteiger partial charge is 0.137 e. The molecular weight excluding hydrogens is 218 g/mol. The van der Waals surface area contributed by atoms with Crippen molar-refractivity contribution in [3.05, 3.63) is 12.7 Å². The Bertz CT molecular complexity index is 256. The van der Waals surface area contributed by atoms with Crippen LogP contribution in [0.25, 0.3) is 0 Å². The van der Waals surface area contributed by atoms with Crippen molar-refractivity contribution >= 4 is 0 Å². The van der Waals surface area contributed by atoms with E-state index in [-0.39, 0.29) is 5.92 Å². The SMILES string of the molecule is C=CC1CC(C2CCC(C)CC2)CC(F)C1F. The van der Waals surface area contributed by atoms with E-state index in [4.69, 9.17) is 0 Å². The Labute approximate surface area is 103 Å². The van der Waals surface area contributed by atoms with E-state index in [9.17, 15) is 8.78 Å². The molecule has 0 heterocycles. The zero-order valence-corrected chi connectivity index (χ0v) is 10.7. The van der Waals surface area contributed by atoms with E-state index in [1.54, 1.807) is 6.08 Å². The van der Waals surface area contributed by atoms with Crippen LogP contribution < -0.4 is 0 Å². The zero-order valence-electron chi connectivity index (χ0n) is 10.7. The summed E-state index contributed by atoms with van der Waals surface area (Å²) < 4.78 is 27.3. The maximum absolute atomic E-state index is 13.7. The van der Waals surface area contributed by atoms with E-state index < -0.39 is 12.3 Å². The van der Waals surface area contributed by atoms with Crippen molar-refractivity contribution in [2.45, 2.75) is 57.8 Å². The van der Waals surface area contributed by atoms with Gasteiger partial charge in [0.15, 0.2) is 0 Å². The predicted octanol–water partition coefficient (Wildman–Crippen LogP) is 4.70. The van der Waals surface area contributed by atoms with Gasteiger partial charge < -0.3 is 0 Å². The maximum atomic E-state index is 13.7. The summed E-state index contributed by atoms with van der Waals surface area (Å²) in [6.45, 7) is 5.95. The molecule has 0 nitrogen and oxygen atoms in total. The van der Waals surface area contributed by atoms with Crippen LogP contribution in [0.5, 0.6) is 0 Å². The van der Waals surface area contributed by atoms with Crippen molar-refractivity contribution in [3.8, 4) is 0 Å². The Kier molecular flexibility index (Phi) is 4.22. The highest BCUT2D eigenvalue weighted by Crippen LogP contribution is 2.43. The van der Waals surface area contributed by atoms with Crippen LogP contribution in [0.4, 0.5) is 8.78 Å². The molecule has 0 aromatic rings. The maximum Gasteiger partial charge on any atom is 0.137 e. The van der Waals surface area contributed by atoms with E-state index in [2.05, 4.69) is 13.5 Å². The minimum absolute atomic E-state index is 0.261. The van der Waals surface area contributed by atoms with Gasteiger partial charge in [0.05, 0.1) is 0 Å². The van der Waals surface area contributed by atoms with Gasteiger partial charge in [-0.15, -0.1) is 6.58 Å². The summed E-state index contributed by atoms with van der Waals surface area (Å²) >= 11 is 0. The summed E-state index contributed by atoms with van der Waals surface area (Å²) in [4.78, 5) is 0. The molecule has 0 aromatic heterocycles. The van der Waals surface area contributed by atoms with E-state index in [1.807, 2.05) is 0 Å². The zero-order chi connectivity index (χ0) is 12.4. The van der Waals surface area contributed by atoms with E-state index in [0.717, 1.165) is 12.3 Å². The van der Waals surface area contributed by atoms with Gasteiger partial charge in [-0.2, -0.15) is 0 Å². The van der Waals surface area contributed by atoms with Crippen molar-refractivity contribution in [3.63, 3.8) is 0 Å². The van der Waals surface area contributed by atoms with Crippen LogP contribution in [-0.4, -0.2) is 12.3 Å². The van der Waals surface area contributed by atoms with Gasteiger partial charge in [-0.05, 0) is 43.4 Å². The number of rotatable bonds is 2. The van der Waals surface area contributed by atoms with E-state index >= 15 is 0 Å². The Morgan fingerprint density at radius 3 is 2.24 bits per heavy atom. The summed E-state index contributed by atoms with van der Waals surface area (Å²) in [5.74, 6) is 1.56. The normalized spacial score (nSPS) is 47.7. The molecule has 0 spiro atoms. The summed E-state index contributed by atoms with van der Waals surface area (Å²) in [5, 5.41) is 0. The Hall–Kier alpha value is -0.400. The molecule has 98 valence electrons. The van der Waals surface area contributed by atoms with Gasteiger partial charge >= 0.3 is 0 Å². The fraction of sp³-hybridized carbons (Fsp3) is 0.867. The molecule has 2 aliphatic carbocycles. The standard InChI is InChI=1S/C15H24F2/c1-3-11-8-13(9-14(16)15(11)17)12-6-4-10(2)5-7-12/h3,10-15H,1,4-9H2,2H3. The lowest BCUT2D eigenvalue weighted by atomic mass is 9.68. The Morgan fingerprint density at radius 2 is 1.65 bits per heavy atom. The highest BCUT2D eigenvalue weighted by molar-refractivity contribution is 4.96. The predicted molar refractivity (Wildman–Crippen MR) is 67.3 cm³/mol. The first-order chi connectivity index (χ1) is 8.11. The third-order valence-electron chi connectivity index (χ3n) is 4.89. The van der Waals surface area contributed by atoms with Gasteiger partial charge in [-0.3, -0.25) is 0 Å². The van der Waals surface area contributed by atoms with Crippen LogP contribution in [0, 0.1) is 23.7 Å². The first-order valence-corrected chi connectivity index (χ1v) is 7.02. The van der Waals surface area contributed by atoms with Gasteiger partial charge in [-0.25, -0.2) is 8.78 Å². The van der Waals surface area contributed by atoms with Crippen LogP contribution in [0.3, 0.4) is 0 Å². The second-order valence-electron chi connectivity index (χ2n) is 6.11. The number of hydrogen-bond donors (Lipinski definition) is 0. The molecule has 0 saturated heterocycles. The van der Waals surface area contributed by atoms with Crippen molar-refractivity contribution in [1.29, 1.82) is 0 Å². The van der Waals surface area contributed by atoms with Crippen molar-refractivity contribution in [2.75, 3.05) is 0 Å². The van der Waals surface area contributed by atoms with Gasteiger partial charge in [0.2, 0.25) is 0 Å². The Balaban J connectivity index is 1.95. The minimum atomic E-state index is -1.31. The summed E-state index contributed by atoms with van der Waals surface area (Å²) in [7, 11) is 0. The highest BCUT2D eigenvalue weighted by Gasteiger charge is 2.40. The molecule has 0 amide bonds. The van der Waals surface area contributed by atoms with Gasteiger partial charge in [0.25, 0.3) is 0 Å². The topological polar surface area (TPSA) is 0 Å². The molecule has 2 aliphatic rings. The molecule has 2 rings (SSSR count). The first-order valence-electron chi connectivity index (χ1n) is 7.02. The molecule has 2 heteroatoms. The molecule has 0 radical (unpaired) electrons. The molecule has 2 fully saturated rings. The highest BCUT2D eigenvalue weighted by atomic mass is 19.2. The van der Waals surface area contributed by atoms with Crippen LogP contribution in [-0.2, 0) is 0 Å². The van der Waals surface area contributed by atoms with Gasteiger partial charge in [-0.1, -0.05) is 25.8 Å². The van der Waals surface area contributed by atoms with Gasteiger partial charge in [0, 0.05) is 5.92 Å². The molecule has 0 bridgehead atoms. The molecule has 0 aromatic carbocycles. The van der Waals surface area contributed by atoms with Crippen molar-refractivity contribution in [1.82, 2.24) is 0 Å². The van der Waals surface area contributed by atoms with Crippen LogP contribution in [0.15, 0.2) is 12.7 Å². The lowest BCUT2D eigenvalue weighted by molar-refractivity contribution is 0.0287. The fourth-order valence-electron chi connectivity index (χ4n) is 3.63. The van der Waals surface area contributed by atoms with Crippen molar-refractivity contribution < 1.29 is 8.78 Å². The molecule has 17 heavy (non-hydrogen) atoms. The number of alkyl halides is 2. The second kappa shape index (κ2) is 5.49. The minimum Gasteiger partial charge on any atom is -0.244 e. The monoisotopic (exact) mass is 242 g/mol. The molecule has 4 unspecified atom stereocenters. The largest absolute Gasteiger partial charge is 0.244 e. The van der Waals surface area contributed by atoms with Gasteiger partial charge in [0.1, 0.15) is 12.3 Å². The number of allylic oxidation sites excluding steroid dienone is 1. The van der Waals surface area contributed by atoms with Crippen LogP contribution in [0.1, 0.15) is 45.4 Å². The summed E-state index contributed by atoms with van der Waals surface area (Å²) in [6.07, 6.45) is 5.22. The quantitative estimate of drug-likeness (QED) is 0.616. The average molecular weight is 242 g/mol. The average Bonchev–Trinajstić information content (AvgIpc) is 2.33.